The number of nitro groups is 1. The zero-order chi connectivity index (χ0) is 19.4. The van der Waals surface area contributed by atoms with E-state index in [1.54, 1.807) is 36.4 Å². The van der Waals surface area contributed by atoms with Gasteiger partial charge in [0.15, 0.2) is 5.43 Å². The number of nitro benzene ring substituents is 1. The Morgan fingerprint density at radius 1 is 1.26 bits per heavy atom. The van der Waals surface area contributed by atoms with Crippen LogP contribution in [-0.4, -0.2) is 10.8 Å². The first kappa shape index (κ1) is 18.1. The zero-order valence-corrected chi connectivity index (χ0v) is 14.5. The van der Waals surface area contributed by atoms with Gasteiger partial charge in [-0.25, -0.2) is 0 Å². The second-order valence-corrected chi connectivity index (χ2v) is 5.79. The van der Waals surface area contributed by atoms with Gasteiger partial charge < -0.3 is 9.73 Å². The number of anilines is 1. The Kier molecular flexibility index (Phi) is 5.12. The molecule has 0 aliphatic heterocycles. The summed E-state index contributed by atoms with van der Waals surface area (Å²) in [5.74, 6) is -0.513. The summed E-state index contributed by atoms with van der Waals surface area (Å²) in [6.07, 6.45) is 4.33. The van der Waals surface area contributed by atoms with E-state index in [9.17, 15) is 19.7 Å². The van der Waals surface area contributed by atoms with Crippen molar-refractivity contribution in [1.82, 2.24) is 0 Å². The normalized spacial score (nSPS) is 11.0. The highest BCUT2D eigenvalue weighted by Crippen LogP contribution is 2.23. The van der Waals surface area contributed by atoms with E-state index in [1.165, 1.54) is 24.5 Å². The summed E-state index contributed by atoms with van der Waals surface area (Å²) in [7, 11) is 0. The van der Waals surface area contributed by atoms with E-state index in [1.807, 2.05) is 6.92 Å². The average molecular weight is 364 g/mol. The molecule has 0 aliphatic carbocycles. The lowest BCUT2D eigenvalue weighted by Crippen LogP contribution is -2.10. The molecule has 0 saturated carbocycles. The predicted octanol–water partition coefficient (Wildman–Crippen LogP) is 3.92. The number of para-hydroxylation sites is 1. The molecule has 0 unspecified atom stereocenters. The number of carbonyl (C=O) groups is 1. The van der Waals surface area contributed by atoms with Gasteiger partial charge in [-0.15, -0.1) is 0 Å². The molecule has 0 spiro atoms. The van der Waals surface area contributed by atoms with Gasteiger partial charge in [0.2, 0.25) is 5.91 Å². The highest BCUT2D eigenvalue weighted by molar-refractivity contribution is 6.02. The van der Waals surface area contributed by atoms with Crippen LogP contribution in [0.5, 0.6) is 0 Å². The van der Waals surface area contributed by atoms with Crippen molar-refractivity contribution in [3.05, 3.63) is 86.3 Å². The summed E-state index contributed by atoms with van der Waals surface area (Å²) in [4.78, 5) is 35.1. The fourth-order valence-electron chi connectivity index (χ4n) is 2.67. The molecular formula is C20H16N2O5. The van der Waals surface area contributed by atoms with Crippen molar-refractivity contribution in [2.45, 2.75) is 13.3 Å². The van der Waals surface area contributed by atoms with E-state index < -0.39 is 10.8 Å². The van der Waals surface area contributed by atoms with Gasteiger partial charge in [-0.3, -0.25) is 19.7 Å². The summed E-state index contributed by atoms with van der Waals surface area (Å²) < 4.78 is 5.38. The zero-order valence-electron chi connectivity index (χ0n) is 14.5. The summed E-state index contributed by atoms with van der Waals surface area (Å²) in [5, 5.41) is 14.1. The minimum absolute atomic E-state index is 0.0468. The second kappa shape index (κ2) is 7.65. The number of fused-ring (bicyclic) bond motifs is 1. The van der Waals surface area contributed by atoms with Crippen LogP contribution < -0.4 is 10.7 Å². The van der Waals surface area contributed by atoms with E-state index >= 15 is 0 Å². The second-order valence-electron chi connectivity index (χ2n) is 5.79. The fraction of sp³-hybridized carbons (Fsp3) is 0.100. The van der Waals surface area contributed by atoms with Gasteiger partial charge in [0.05, 0.1) is 15.9 Å². The molecule has 1 N–H and O–H groups in total. The van der Waals surface area contributed by atoms with E-state index in [0.717, 1.165) is 0 Å². The summed E-state index contributed by atoms with van der Waals surface area (Å²) in [6, 6.07) is 11.3. The van der Waals surface area contributed by atoms with E-state index in [2.05, 4.69) is 5.32 Å². The van der Waals surface area contributed by atoms with Crippen molar-refractivity contribution >= 4 is 34.3 Å². The van der Waals surface area contributed by atoms with Gasteiger partial charge in [-0.1, -0.05) is 25.1 Å². The number of amides is 1. The van der Waals surface area contributed by atoms with Crippen molar-refractivity contribution in [3.8, 4) is 0 Å². The molecule has 0 radical (unpaired) electrons. The van der Waals surface area contributed by atoms with Gasteiger partial charge in [0, 0.05) is 23.4 Å². The molecule has 3 rings (SSSR count). The highest BCUT2D eigenvalue weighted by Gasteiger charge is 2.13. The fourth-order valence-corrected chi connectivity index (χ4v) is 2.67. The van der Waals surface area contributed by atoms with Crippen LogP contribution in [0.2, 0.25) is 0 Å². The van der Waals surface area contributed by atoms with E-state index in [0.29, 0.717) is 28.6 Å². The summed E-state index contributed by atoms with van der Waals surface area (Å²) in [5.41, 5.74) is 1.29. The van der Waals surface area contributed by atoms with Gasteiger partial charge in [0.25, 0.3) is 5.69 Å². The Hall–Kier alpha value is -3.74. The van der Waals surface area contributed by atoms with Crippen LogP contribution in [-0.2, 0) is 11.2 Å². The third kappa shape index (κ3) is 3.92. The maximum atomic E-state index is 12.4. The molecule has 7 nitrogen and oxygen atoms in total. The minimum Gasteiger partial charge on any atom is -0.463 e. The Morgan fingerprint density at radius 3 is 2.78 bits per heavy atom. The molecule has 0 aliphatic rings. The van der Waals surface area contributed by atoms with Gasteiger partial charge in [-0.2, -0.15) is 0 Å². The topological polar surface area (TPSA) is 102 Å². The molecule has 1 aromatic heterocycles. The number of benzene rings is 2. The van der Waals surface area contributed by atoms with Crippen molar-refractivity contribution in [2.24, 2.45) is 0 Å². The quantitative estimate of drug-likeness (QED) is 0.420. The SMILES string of the molecule is CCc1ccc(NC(=O)/C=C/c2coc3ccccc3c2=O)cc1[N+](=O)[O-]. The lowest BCUT2D eigenvalue weighted by atomic mass is 10.1. The molecule has 0 atom stereocenters. The maximum absolute atomic E-state index is 12.4. The molecule has 3 aromatic rings. The highest BCUT2D eigenvalue weighted by atomic mass is 16.6. The summed E-state index contributed by atoms with van der Waals surface area (Å²) in [6.45, 7) is 1.82. The Morgan fingerprint density at radius 2 is 2.04 bits per heavy atom. The maximum Gasteiger partial charge on any atom is 0.274 e. The number of nitrogens with one attached hydrogen (secondary N) is 1. The standard InChI is InChI=1S/C20H16N2O5/c1-2-13-7-9-15(11-17(13)22(25)26)21-19(23)10-8-14-12-27-18-6-4-3-5-16(18)20(14)24/h3-12H,2H2,1H3,(H,21,23)/b10-8+. The number of carbonyl (C=O) groups excluding carboxylic acids is 1. The van der Waals surface area contributed by atoms with Gasteiger partial charge in [-0.05, 0) is 30.7 Å². The van der Waals surface area contributed by atoms with Crippen LogP contribution in [0, 0.1) is 10.1 Å². The molecule has 1 amide bonds. The third-order valence-corrected chi connectivity index (χ3v) is 4.05. The third-order valence-electron chi connectivity index (χ3n) is 4.05. The number of hydrogen-bond donors (Lipinski definition) is 1. The Bertz CT molecular complexity index is 1110. The Labute approximate surface area is 154 Å². The van der Waals surface area contributed by atoms with Crippen molar-refractivity contribution in [3.63, 3.8) is 0 Å². The van der Waals surface area contributed by atoms with Crippen molar-refractivity contribution < 1.29 is 14.1 Å². The van der Waals surface area contributed by atoms with E-state index in [-0.39, 0.29) is 16.7 Å². The molecule has 0 bridgehead atoms. The monoisotopic (exact) mass is 364 g/mol. The lowest BCUT2D eigenvalue weighted by molar-refractivity contribution is -0.385. The number of aryl methyl sites for hydroxylation is 1. The van der Waals surface area contributed by atoms with Crippen LogP contribution >= 0.6 is 0 Å². The van der Waals surface area contributed by atoms with Gasteiger partial charge in [0.1, 0.15) is 11.8 Å². The van der Waals surface area contributed by atoms with Crippen molar-refractivity contribution in [2.75, 3.05) is 5.32 Å². The molecule has 136 valence electrons. The molecule has 2 aromatic carbocycles. The van der Waals surface area contributed by atoms with Crippen LogP contribution in [0.25, 0.3) is 17.0 Å². The smallest absolute Gasteiger partial charge is 0.274 e. The van der Waals surface area contributed by atoms with Crippen LogP contribution in [0.1, 0.15) is 18.1 Å². The molecule has 1 heterocycles. The number of nitrogens with zero attached hydrogens (tertiary/aromatic N) is 1. The first-order valence-corrected chi connectivity index (χ1v) is 8.26. The molecule has 0 fully saturated rings. The molecular weight excluding hydrogens is 348 g/mol. The first-order chi connectivity index (χ1) is 13.0. The number of hydrogen-bond acceptors (Lipinski definition) is 5. The largest absolute Gasteiger partial charge is 0.463 e. The summed E-state index contributed by atoms with van der Waals surface area (Å²) >= 11 is 0. The first-order valence-electron chi connectivity index (χ1n) is 8.26. The van der Waals surface area contributed by atoms with Crippen LogP contribution in [0.3, 0.4) is 0 Å². The van der Waals surface area contributed by atoms with E-state index in [4.69, 9.17) is 4.42 Å². The molecule has 0 saturated heterocycles. The van der Waals surface area contributed by atoms with Gasteiger partial charge >= 0.3 is 0 Å². The van der Waals surface area contributed by atoms with Crippen LogP contribution in [0.4, 0.5) is 11.4 Å². The molecule has 7 heteroatoms. The van der Waals surface area contributed by atoms with Crippen molar-refractivity contribution in [1.29, 1.82) is 0 Å². The average Bonchev–Trinajstić information content (AvgIpc) is 2.67. The number of rotatable bonds is 5. The molecule has 27 heavy (non-hydrogen) atoms. The van der Waals surface area contributed by atoms with Crippen LogP contribution in [0.15, 0.2) is 64.0 Å². The minimum atomic E-state index is -0.513. The Balaban J connectivity index is 1.80. The predicted molar refractivity (Wildman–Crippen MR) is 103 cm³/mol. The lowest BCUT2D eigenvalue weighted by Gasteiger charge is -2.05.